The quantitative estimate of drug-likeness (QED) is 0.0352. The Balaban J connectivity index is 3.17. The van der Waals surface area contributed by atoms with Crippen molar-refractivity contribution >= 4 is 5.97 Å². The molecular weight excluding hydrogens is 657 g/mol. The van der Waals surface area contributed by atoms with E-state index in [4.69, 9.17) is 4.74 Å². The van der Waals surface area contributed by atoms with E-state index in [2.05, 4.69) is 57.2 Å². The highest BCUT2D eigenvalue weighted by Crippen LogP contribution is 2.17. The maximum absolute atomic E-state index is 12.0. The van der Waals surface area contributed by atoms with E-state index >= 15 is 0 Å². The predicted octanol–water partition coefficient (Wildman–Crippen LogP) is 18.5. The van der Waals surface area contributed by atoms with Crippen molar-refractivity contribution < 1.29 is 9.53 Å². The second kappa shape index (κ2) is 47.8. The van der Waals surface area contributed by atoms with Gasteiger partial charge in [-0.05, 0) is 50.9 Å². The van der Waals surface area contributed by atoms with E-state index in [1.807, 2.05) is 0 Å². The van der Waals surface area contributed by atoms with Crippen molar-refractivity contribution in [2.45, 2.75) is 278 Å². The smallest absolute Gasteiger partial charge is 0.305 e. The molecule has 0 N–H and O–H groups in total. The highest BCUT2D eigenvalue weighted by Gasteiger charge is 2.03. The van der Waals surface area contributed by atoms with Crippen LogP contribution in [-0.4, -0.2) is 12.6 Å². The molecule has 0 rings (SSSR count). The summed E-state index contributed by atoms with van der Waals surface area (Å²) in [6, 6.07) is 0. The van der Waals surface area contributed by atoms with Crippen LogP contribution in [0.4, 0.5) is 0 Å². The van der Waals surface area contributed by atoms with Gasteiger partial charge in [0.1, 0.15) is 0 Å². The third kappa shape index (κ3) is 48.7. The van der Waals surface area contributed by atoms with E-state index in [0.717, 1.165) is 44.4 Å². The van der Waals surface area contributed by atoms with Crippen molar-refractivity contribution in [3.05, 3.63) is 36.5 Å². The van der Waals surface area contributed by atoms with Gasteiger partial charge >= 0.3 is 5.97 Å². The number of carbonyl (C=O) groups is 1. The fourth-order valence-corrected chi connectivity index (χ4v) is 7.57. The summed E-state index contributed by atoms with van der Waals surface area (Å²) in [5, 5.41) is 0. The first kappa shape index (κ1) is 52.7. The maximum atomic E-state index is 12.0. The number of esters is 1. The molecule has 54 heavy (non-hydrogen) atoms. The van der Waals surface area contributed by atoms with Gasteiger partial charge in [-0.3, -0.25) is 4.79 Å². The molecule has 2 nitrogen and oxygen atoms in total. The van der Waals surface area contributed by atoms with Gasteiger partial charge in [-0.2, -0.15) is 0 Å². The van der Waals surface area contributed by atoms with Crippen LogP contribution in [0.25, 0.3) is 0 Å². The van der Waals surface area contributed by atoms with Crippen LogP contribution in [0.15, 0.2) is 36.5 Å². The zero-order chi connectivity index (χ0) is 39.1. The van der Waals surface area contributed by atoms with Gasteiger partial charge in [-0.1, -0.05) is 263 Å². The van der Waals surface area contributed by atoms with Gasteiger partial charge in [0.25, 0.3) is 0 Å². The van der Waals surface area contributed by atoms with Gasteiger partial charge in [0, 0.05) is 6.42 Å². The third-order valence-electron chi connectivity index (χ3n) is 11.2. The first-order chi connectivity index (χ1) is 26.7. The molecule has 0 fully saturated rings. The topological polar surface area (TPSA) is 26.3 Å². The Morgan fingerprint density at radius 1 is 0.389 bits per heavy atom. The van der Waals surface area contributed by atoms with E-state index in [1.54, 1.807) is 0 Å². The molecule has 0 heterocycles. The minimum atomic E-state index is 0.0108. The van der Waals surface area contributed by atoms with E-state index < -0.39 is 0 Å². The molecule has 0 aromatic heterocycles. The summed E-state index contributed by atoms with van der Waals surface area (Å²) in [6.07, 6.45) is 67.1. The third-order valence-corrected chi connectivity index (χ3v) is 11.2. The van der Waals surface area contributed by atoms with Crippen LogP contribution in [0.3, 0.4) is 0 Å². The molecule has 0 unspecified atom stereocenters. The van der Waals surface area contributed by atoms with Gasteiger partial charge in [-0.15, -0.1) is 0 Å². The molecule has 0 amide bonds. The molecule has 0 aliphatic heterocycles. The number of carbonyl (C=O) groups excluding carboxylic acids is 1. The highest BCUT2D eigenvalue weighted by atomic mass is 16.5. The number of ether oxygens (including phenoxy) is 1. The lowest BCUT2D eigenvalue weighted by Gasteiger charge is -2.06. The van der Waals surface area contributed by atoms with Crippen LogP contribution in [0.5, 0.6) is 0 Å². The van der Waals surface area contributed by atoms with Crippen LogP contribution < -0.4 is 0 Å². The summed E-state index contributed by atoms with van der Waals surface area (Å²) in [7, 11) is 0. The van der Waals surface area contributed by atoms with Gasteiger partial charge in [-0.25, -0.2) is 0 Å². The van der Waals surface area contributed by atoms with Gasteiger partial charge in [0.15, 0.2) is 0 Å². The van der Waals surface area contributed by atoms with E-state index in [-0.39, 0.29) is 5.97 Å². The Labute approximate surface area is 341 Å². The zero-order valence-corrected chi connectivity index (χ0v) is 37.3. The van der Waals surface area contributed by atoms with Crippen LogP contribution >= 0.6 is 0 Å². The molecule has 0 aliphatic carbocycles. The average Bonchev–Trinajstić information content (AvgIpc) is 3.16. The van der Waals surface area contributed by atoms with Gasteiger partial charge < -0.3 is 4.74 Å². The largest absolute Gasteiger partial charge is 0.466 e. The number of hydrogen-bond donors (Lipinski definition) is 0. The highest BCUT2D eigenvalue weighted by molar-refractivity contribution is 5.69. The standard InChI is InChI=1S/C52H98O2/c1-4-5-6-7-8-9-10-11-27-31-34-37-40-43-46-49-52(53)54-50-47-44-41-38-35-32-29-26-24-22-20-18-16-14-12-13-15-17-19-21-23-25-28-30-33-36-39-42-45-48-51(2)3/h5-6,8-9,11,27,51H,4,7,10,12-26,28-50H2,1-3H3/b6-5-,9-8-,27-11-. The Morgan fingerprint density at radius 3 is 1.09 bits per heavy atom. The van der Waals surface area contributed by atoms with Crippen molar-refractivity contribution in [3.8, 4) is 0 Å². The first-order valence-electron chi connectivity index (χ1n) is 24.8. The summed E-state index contributed by atoms with van der Waals surface area (Å²) < 4.78 is 5.47. The van der Waals surface area contributed by atoms with Crippen LogP contribution in [0, 0.1) is 5.92 Å². The lowest BCUT2D eigenvalue weighted by molar-refractivity contribution is -0.143. The van der Waals surface area contributed by atoms with Crippen LogP contribution in [0.1, 0.15) is 278 Å². The first-order valence-corrected chi connectivity index (χ1v) is 24.8. The number of allylic oxidation sites excluding steroid dienone is 6. The monoisotopic (exact) mass is 755 g/mol. The zero-order valence-electron chi connectivity index (χ0n) is 37.3. The Morgan fingerprint density at radius 2 is 0.704 bits per heavy atom. The molecule has 0 bridgehead atoms. The van der Waals surface area contributed by atoms with Gasteiger partial charge in [0.2, 0.25) is 0 Å². The fourth-order valence-electron chi connectivity index (χ4n) is 7.57. The molecule has 0 aromatic carbocycles. The maximum Gasteiger partial charge on any atom is 0.305 e. The minimum absolute atomic E-state index is 0.0108. The molecule has 2 heteroatoms. The average molecular weight is 755 g/mol. The Bertz CT molecular complexity index is 792. The number of rotatable bonds is 45. The Hall–Kier alpha value is -1.31. The second-order valence-corrected chi connectivity index (χ2v) is 17.3. The summed E-state index contributed by atoms with van der Waals surface area (Å²) in [5.41, 5.74) is 0. The lowest BCUT2D eigenvalue weighted by Crippen LogP contribution is -2.05. The van der Waals surface area contributed by atoms with Crippen molar-refractivity contribution in [2.24, 2.45) is 5.92 Å². The fraction of sp³-hybridized carbons (Fsp3) is 0.865. The minimum Gasteiger partial charge on any atom is -0.466 e. The van der Waals surface area contributed by atoms with Crippen molar-refractivity contribution in [3.63, 3.8) is 0 Å². The number of hydrogen-bond acceptors (Lipinski definition) is 2. The summed E-state index contributed by atoms with van der Waals surface area (Å²) >= 11 is 0. The molecule has 0 aromatic rings. The van der Waals surface area contributed by atoms with Crippen molar-refractivity contribution in [1.82, 2.24) is 0 Å². The normalized spacial score (nSPS) is 12.1. The summed E-state index contributed by atoms with van der Waals surface area (Å²) in [6.45, 7) is 7.49. The molecule has 318 valence electrons. The molecule has 0 atom stereocenters. The van der Waals surface area contributed by atoms with E-state index in [1.165, 1.54) is 212 Å². The molecule has 0 radical (unpaired) electrons. The van der Waals surface area contributed by atoms with Crippen LogP contribution in [0.2, 0.25) is 0 Å². The van der Waals surface area contributed by atoms with Crippen LogP contribution in [-0.2, 0) is 9.53 Å². The molecule has 0 spiro atoms. The lowest BCUT2D eigenvalue weighted by atomic mass is 10.0. The Kier molecular flexibility index (Phi) is 46.7. The summed E-state index contributed by atoms with van der Waals surface area (Å²) in [4.78, 5) is 12.0. The predicted molar refractivity (Wildman–Crippen MR) is 244 cm³/mol. The molecule has 0 saturated carbocycles. The van der Waals surface area contributed by atoms with E-state index in [0.29, 0.717) is 13.0 Å². The van der Waals surface area contributed by atoms with Crippen molar-refractivity contribution in [2.75, 3.05) is 6.61 Å². The second-order valence-electron chi connectivity index (χ2n) is 17.3. The van der Waals surface area contributed by atoms with Gasteiger partial charge in [0.05, 0.1) is 6.61 Å². The van der Waals surface area contributed by atoms with Crippen molar-refractivity contribution in [1.29, 1.82) is 0 Å². The van der Waals surface area contributed by atoms with E-state index in [9.17, 15) is 4.79 Å². The molecule has 0 saturated heterocycles. The SMILES string of the molecule is CC/C=C\C/C=C\C/C=C\CCCCCCCC(=O)OCCCCCCCCCCCCCCCCCCCCCCCCCCCCCCCC(C)C. The number of unbranched alkanes of at least 4 members (excludes halogenated alkanes) is 33. The molecular formula is C52H98O2. The summed E-state index contributed by atoms with van der Waals surface area (Å²) in [5.74, 6) is 0.898. The molecule has 0 aliphatic rings.